The smallest absolute Gasteiger partial charge is 0.147 e. The van der Waals surface area contributed by atoms with E-state index in [0.717, 1.165) is 30.9 Å². The summed E-state index contributed by atoms with van der Waals surface area (Å²) in [5, 5.41) is 9.61. The second kappa shape index (κ2) is 6.18. The highest BCUT2D eigenvalue weighted by molar-refractivity contribution is 6.33. The lowest BCUT2D eigenvalue weighted by Crippen LogP contribution is -2.30. The lowest BCUT2D eigenvalue weighted by atomic mass is 10.1. The van der Waals surface area contributed by atoms with Crippen LogP contribution in [0.2, 0.25) is 5.02 Å². The maximum Gasteiger partial charge on any atom is 0.147 e. The molecule has 1 aromatic heterocycles. The number of pyridine rings is 1. The summed E-state index contributed by atoms with van der Waals surface area (Å²) in [5.41, 5.74) is 2.05. The number of anilines is 1. The quantitative estimate of drug-likeness (QED) is 0.849. The lowest BCUT2D eigenvalue weighted by Gasteiger charge is -2.28. The van der Waals surface area contributed by atoms with E-state index in [-0.39, 0.29) is 6.61 Å². The second-order valence-corrected chi connectivity index (χ2v) is 4.71. The van der Waals surface area contributed by atoms with Crippen LogP contribution in [0.4, 0.5) is 5.82 Å². The number of aromatic nitrogens is 1. The predicted molar refractivity (Wildman–Crippen MR) is 72.0 cm³/mol. The van der Waals surface area contributed by atoms with E-state index in [1.165, 1.54) is 5.57 Å². The van der Waals surface area contributed by atoms with Gasteiger partial charge in [0.2, 0.25) is 0 Å². The van der Waals surface area contributed by atoms with Gasteiger partial charge in [-0.25, -0.2) is 4.98 Å². The molecule has 0 fully saturated rings. The molecule has 0 aliphatic carbocycles. The summed E-state index contributed by atoms with van der Waals surface area (Å²) in [6, 6.07) is 1.76. The number of aliphatic hydroxyl groups is 1. The van der Waals surface area contributed by atoms with Crippen LogP contribution >= 0.6 is 11.6 Å². The zero-order chi connectivity index (χ0) is 13.0. The van der Waals surface area contributed by atoms with Crippen LogP contribution in [0.3, 0.4) is 0 Å². The highest BCUT2D eigenvalue weighted by atomic mass is 35.5. The molecule has 0 atom stereocenters. The molecule has 1 aliphatic heterocycles. The van der Waals surface area contributed by atoms with Gasteiger partial charge < -0.3 is 14.7 Å². The maximum atomic E-state index is 9.02. The first kappa shape index (κ1) is 13.3. The zero-order valence-electron chi connectivity index (χ0n) is 10.4. The third-order valence-electron chi connectivity index (χ3n) is 2.99. The molecular formula is C13H17ClN2O2. The Labute approximate surface area is 112 Å². The molecule has 0 spiro atoms. The number of hydrogen-bond acceptors (Lipinski definition) is 4. The van der Waals surface area contributed by atoms with E-state index < -0.39 is 0 Å². The Hall–Kier alpha value is -1.10. The standard InChI is InChI=1S/C13H17ClN2O2/c1-18-9-10-2-4-16(5-3-10)13-12(14)6-11(8-17)7-15-13/h2,6-7,17H,3-5,8-9H2,1H3. The van der Waals surface area contributed by atoms with E-state index in [2.05, 4.69) is 16.0 Å². The van der Waals surface area contributed by atoms with Crippen molar-refractivity contribution < 1.29 is 9.84 Å². The minimum absolute atomic E-state index is 0.0368. The largest absolute Gasteiger partial charge is 0.392 e. The topological polar surface area (TPSA) is 45.6 Å². The Morgan fingerprint density at radius 1 is 1.56 bits per heavy atom. The first-order chi connectivity index (χ1) is 8.74. The maximum absolute atomic E-state index is 9.02. The van der Waals surface area contributed by atoms with Gasteiger partial charge >= 0.3 is 0 Å². The van der Waals surface area contributed by atoms with Gasteiger partial charge in [-0.1, -0.05) is 17.7 Å². The first-order valence-corrected chi connectivity index (χ1v) is 6.29. The summed E-state index contributed by atoms with van der Waals surface area (Å²) < 4.78 is 5.12. The number of nitrogens with zero attached hydrogens (tertiary/aromatic N) is 2. The Morgan fingerprint density at radius 2 is 2.39 bits per heavy atom. The van der Waals surface area contributed by atoms with Gasteiger partial charge in [-0.3, -0.25) is 0 Å². The SMILES string of the molecule is COCC1=CCN(c2ncc(CO)cc2Cl)CC1. The summed E-state index contributed by atoms with van der Waals surface area (Å²) in [7, 11) is 1.71. The number of aliphatic hydroxyl groups excluding tert-OH is 1. The fourth-order valence-corrected chi connectivity index (χ4v) is 2.32. The lowest BCUT2D eigenvalue weighted by molar-refractivity contribution is 0.222. The fourth-order valence-electron chi connectivity index (χ4n) is 2.01. The molecule has 2 heterocycles. The van der Waals surface area contributed by atoms with Crippen molar-refractivity contribution in [1.82, 2.24) is 4.98 Å². The highest BCUT2D eigenvalue weighted by Gasteiger charge is 2.16. The molecule has 4 nitrogen and oxygen atoms in total. The monoisotopic (exact) mass is 268 g/mol. The van der Waals surface area contributed by atoms with E-state index >= 15 is 0 Å². The summed E-state index contributed by atoms with van der Waals surface area (Å²) >= 11 is 6.18. The molecule has 0 amide bonds. The molecule has 98 valence electrons. The number of rotatable bonds is 4. The molecule has 5 heteroatoms. The summed E-state index contributed by atoms with van der Waals surface area (Å²) in [5.74, 6) is 0.779. The van der Waals surface area contributed by atoms with Crippen LogP contribution in [0.5, 0.6) is 0 Å². The van der Waals surface area contributed by atoms with E-state index in [1.807, 2.05) is 0 Å². The normalized spacial score (nSPS) is 15.7. The van der Waals surface area contributed by atoms with Crippen molar-refractivity contribution in [3.8, 4) is 0 Å². The van der Waals surface area contributed by atoms with E-state index in [0.29, 0.717) is 11.6 Å². The van der Waals surface area contributed by atoms with Gasteiger partial charge in [0.1, 0.15) is 5.82 Å². The predicted octanol–water partition coefficient (Wildman–Crippen LogP) is 2.01. The van der Waals surface area contributed by atoms with Gasteiger partial charge in [0, 0.05) is 26.4 Å². The molecule has 1 aliphatic rings. The van der Waals surface area contributed by atoms with Crippen molar-refractivity contribution >= 4 is 17.4 Å². The van der Waals surface area contributed by atoms with E-state index in [1.54, 1.807) is 19.4 Å². The fraction of sp³-hybridized carbons (Fsp3) is 0.462. The van der Waals surface area contributed by atoms with Crippen LogP contribution in [0.1, 0.15) is 12.0 Å². The molecule has 0 aromatic carbocycles. The van der Waals surface area contributed by atoms with Crippen molar-refractivity contribution in [3.05, 3.63) is 34.5 Å². The van der Waals surface area contributed by atoms with Crippen molar-refractivity contribution in [3.63, 3.8) is 0 Å². The molecule has 1 N–H and O–H groups in total. The van der Waals surface area contributed by atoms with Crippen molar-refractivity contribution in [1.29, 1.82) is 0 Å². The number of methoxy groups -OCH3 is 1. The Kier molecular flexibility index (Phi) is 4.58. The third kappa shape index (κ3) is 3.02. The van der Waals surface area contributed by atoms with Crippen molar-refractivity contribution in [2.24, 2.45) is 0 Å². The summed E-state index contributed by atoms with van der Waals surface area (Å²) in [4.78, 5) is 6.44. The number of ether oxygens (including phenoxy) is 1. The minimum atomic E-state index is -0.0368. The molecule has 0 bridgehead atoms. The van der Waals surface area contributed by atoms with Crippen LogP contribution in [0.15, 0.2) is 23.9 Å². The van der Waals surface area contributed by atoms with Crippen LogP contribution in [0.25, 0.3) is 0 Å². The number of hydrogen-bond donors (Lipinski definition) is 1. The van der Waals surface area contributed by atoms with E-state index in [4.69, 9.17) is 21.4 Å². The first-order valence-electron chi connectivity index (χ1n) is 5.91. The molecule has 0 saturated carbocycles. The van der Waals surface area contributed by atoms with Crippen LogP contribution in [-0.2, 0) is 11.3 Å². The highest BCUT2D eigenvalue weighted by Crippen LogP contribution is 2.26. The van der Waals surface area contributed by atoms with Crippen molar-refractivity contribution in [2.45, 2.75) is 13.0 Å². The van der Waals surface area contributed by atoms with E-state index in [9.17, 15) is 0 Å². The Balaban J connectivity index is 2.10. The molecule has 0 radical (unpaired) electrons. The zero-order valence-corrected chi connectivity index (χ0v) is 11.2. The van der Waals surface area contributed by atoms with Gasteiger partial charge in [-0.15, -0.1) is 0 Å². The third-order valence-corrected chi connectivity index (χ3v) is 3.27. The van der Waals surface area contributed by atoms with Gasteiger partial charge in [-0.05, 0) is 23.6 Å². The summed E-state index contributed by atoms with van der Waals surface area (Å²) in [6.07, 6.45) is 4.79. The number of halogens is 1. The molecule has 18 heavy (non-hydrogen) atoms. The minimum Gasteiger partial charge on any atom is -0.392 e. The van der Waals surface area contributed by atoms with Gasteiger partial charge in [0.15, 0.2) is 0 Å². The second-order valence-electron chi connectivity index (χ2n) is 4.30. The molecular weight excluding hydrogens is 252 g/mol. The average Bonchev–Trinajstić information content (AvgIpc) is 2.40. The average molecular weight is 269 g/mol. The van der Waals surface area contributed by atoms with Gasteiger partial charge in [0.05, 0.1) is 18.2 Å². The Bertz CT molecular complexity index is 449. The van der Waals surface area contributed by atoms with Crippen LogP contribution in [-0.4, -0.2) is 36.9 Å². The van der Waals surface area contributed by atoms with Gasteiger partial charge in [0.25, 0.3) is 0 Å². The molecule has 0 saturated heterocycles. The molecule has 1 aromatic rings. The van der Waals surface area contributed by atoms with Crippen LogP contribution in [0, 0.1) is 0 Å². The van der Waals surface area contributed by atoms with Gasteiger partial charge in [-0.2, -0.15) is 0 Å². The van der Waals surface area contributed by atoms with Crippen LogP contribution < -0.4 is 4.90 Å². The summed E-state index contributed by atoms with van der Waals surface area (Å²) in [6.45, 7) is 2.34. The molecule has 0 unspecified atom stereocenters. The Morgan fingerprint density at radius 3 is 2.94 bits per heavy atom. The molecule has 2 rings (SSSR count). The van der Waals surface area contributed by atoms with Crippen molar-refractivity contribution in [2.75, 3.05) is 31.7 Å².